The number of halogens is 1. The minimum Gasteiger partial charge on any atom is -0.297 e. The number of fused-ring (bicyclic) bond motifs is 1. The van der Waals surface area contributed by atoms with Gasteiger partial charge in [-0.05, 0) is 25.2 Å². The van der Waals surface area contributed by atoms with Crippen molar-refractivity contribution in [1.29, 1.82) is 0 Å². The minimum absolute atomic E-state index is 0.184. The predicted octanol–water partition coefficient (Wildman–Crippen LogP) is 1.37. The Bertz CT molecular complexity index is 761. The van der Waals surface area contributed by atoms with Gasteiger partial charge in [0, 0.05) is 15.8 Å². The van der Waals surface area contributed by atoms with Crippen molar-refractivity contribution in [1.82, 2.24) is 10.4 Å². The average Bonchev–Trinajstić information content (AvgIpc) is 2.63. The monoisotopic (exact) mass is 301 g/mol. The Morgan fingerprint density at radius 3 is 2.71 bits per heavy atom. The number of hydroxylamine groups is 2. The van der Waals surface area contributed by atoms with Crippen LogP contribution in [0.3, 0.4) is 0 Å². The van der Waals surface area contributed by atoms with Gasteiger partial charge in [0.05, 0.1) is 17.6 Å². The molecule has 4 nitrogen and oxygen atoms in total. The van der Waals surface area contributed by atoms with Gasteiger partial charge >= 0.3 is 0 Å². The number of hydrogen-bond donors (Lipinski definition) is 2. The van der Waals surface area contributed by atoms with Crippen molar-refractivity contribution in [2.45, 2.75) is 6.17 Å². The van der Waals surface area contributed by atoms with E-state index in [9.17, 15) is 5.21 Å². The normalized spacial score (nSPS) is 18.0. The van der Waals surface area contributed by atoms with Crippen LogP contribution in [0.15, 0.2) is 53.5 Å². The number of nitrogens with zero attached hydrogens (tertiary/aromatic N) is 2. The molecule has 1 unspecified atom stereocenters. The molecule has 5 heteroatoms. The molecular weight excluding hydrogens is 286 g/mol. The fourth-order valence-electron chi connectivity index (χ4n) is 2.47. The Labute approximate surface area is 128 Å². The molecule has 2 aromatic rings. The zero-order chi connectivity index (χ0) is 14.8. The molecule has 108 valence electrons. The molecular formula is C16H16ClN3O. The quantitative estimate of drug-likeness (QED) is 0.881. The van der Waals surface area contributed by atoms with Gasteiger partial charge < -0.3 is 0 Å². The first kappa shape index (κ1) is 14.1. The molecule has 0 saturated carbocycles. The van der Waals surface area contributed by atoms with Crippen LogP contribution >= 0.6 is 11.6 Å². The Morgan fingerprint density at radius 2 is 2.00 bits per heavy atom. The molecule has 0 aromatic heterocycles. The van der Waals surface area contributed by atoms with Crippen molar-refractivity contribution < 1.29 is 5.21 Å². The maximum Gasteiger partial charge on any atom is 0.120 e. The molecule has 0 spiro atoms. The largest absolute Gasteiger partial charge is 0.297 e. The highest BCUT2D eigenvalue weighted by Crippen LogP contribution is 2.16. The van der Waals surface area contributed by atoms with Gasteiger partial charge in [-0.3, -0.25) is 20.6 Å². The molecule has 21 heavy (non-hydrogen) atoms. The lowest BCUT2D eigenvalue weighted by Gasteiger charge is -2.22. The molecule has 1 aliphatic heterocycles. The van der Waals surface area contributed by atoms with Crippen LogP contribution in [0.1, 0.15) is 5.56 Å². The van der Waals surface area contributed by atoms with Crippen LogP contribution in [0.2, 0.25) is 5.02 Å². The highest BCUT2D eigenvalue weighted by molar-refractivity contribution is 6.30. The summed E-state index contributed by atoms with van der Waals surface area (Å²) in [6, 6.07) is 15.3. The van der Waals surface area contributed by atoms with Crippen LogP contribution in [0.25, 0.3) is 5.70 Å². The van der Waals surface area contributed by atoms with Crippen molar-refractivity contribution in [2.75, 3.05) is 13.6 Å². The highest BCUT2D eigenvalue weighted by Gasteiger charge is 2.18. The Hall–Kier alpha value is -1.88. The minimum atomic E-state index is -0.184. The van der Waals surface area contributed by atoms with E-state index in [-0.39, 0.29) is 6.17 Å². The summed E-state index contributed by atoms with van der Waals surface area (Å²) >= 11 is 6.13. The first-order valence-corrected chi connectivity index (χ1v) is 7.13. The number of nitrogens with one attached hydrogen (secondary N) is 1. The fraction of sp³-hybridized carbons (Fsp3) is 0.188. The molecule has 0 aliphatic carbocycles. The van der Waals surface area contributed by atoms with Gasteiger partial charge in [-0.25, -0.2) is 0 Å². The van der Waals surface area contributed by atoms with Gasteiger partial charge in [0.2, 0.25) is 0 Å². The first-order chi connectivity index (χ1) is 10.2. The van der Waals surface area contributed by atoms with Crippen LogP contribution in [0.5, 0.6) is 0 Å². The molecule has 1 heterocycles. The summed E-state index contributed by atoms with van der Waals surface area (Å²) in [5.74, 6) is 0. The number of benzene rings is 2. The van der Waals surface area contributed by atoms with Crippen molar-refractivity contribution in [3.8, 4) is 0 Å². The summed E-state index contributed by atoms with van der Waals surface area (Å²) in [5.41, 5.74) is 1.64. The van der Waals surface area contributed by atoms with Gasteiger partial charge in [0.15, 0.2) is 0 Å². The first-order valence-electron chi connectivity index (χ1n) is 6.76. The molecule has 0 radical (unpaired) electrons. The van der Waals surface area contributed by atoms with Gasteiger partial charge in [-0.1, -0.05) is 41.9 Å². The maximum absolute atomic E-state index is 10.5. The lowest BCUT2D eigenvalue weighted by Crippen LogP contribution is -2.35. The maximum atomic E-state index is 10.5. The van der Waals surface area contributed by atoms with E-state index in [0.717, 1.165) is 21.8 Å². The smallest absolute Gasteiger partial charge is 0.120 e. The summed E-state index contributed by atoms with van der Waals surface area (Å²) in [6.07, 6.45) is -0.184. The van der Waals surface area contributed by atoms with E-state index in [1.54, 1.807) is 0 Å². The lowest BCUT2D eigenvalue weighted by molar-refractivity contribution is -0.0332. The average molecular weight is 302 g/mol. The van der Waals surface area contributed by atoms with Crippen LogP contribution in [0, 0.1) is 0 Å². The molecule has 2 N–H and O–H groups in total. The van der Waals surface area contributed by atoms with E-state index in [0.29, 0.717) is 11.6 Å². The Balaban J connectivity index is 2.36. The molecule has 3 rings (SSSR count). The van der Waals surface area contributed by atoms with Crippen molar-refractivity contribution >= 4 is 17.3 Å². The van der Waals surface area contributed by atoms with E-state index >= 15 is 0 Å². The van der Waals surface area contributed by atoms with E-state index < -0.39 is 0 Å². The summed E-state index contributed by atoms with van der Waals surface area (Å²) in [5, 5.41) is 17.1. The molecule has 0 fully saturated rings. The topological polar surface area (TPSA) is 47.9 Å². The zero-order valence-electron chi connectivity index (χ0n) is 11.6. The van der Waals surface area contributed by atoms with Crippen molar-refractivity contribution in [3.63, 3.8) is 0 Å². The molecule has 1 aliphatic rings. The van der Waals surface area contributed by atoms with Gasteiger partial charge in [0.1, 0.15) is 6.17 Å². The van der Waals surface area contributed by atoms with Crippen LogP contribution in [-0.2, 0) is 0 Å². The second kappa shape index (κ2) is 5.85. The third kappa shape index (κ3) is 2.78. The summed E-state index contributed by atoms with van der Waals surface area (Å²) in [7, 11) is 1.82. The van der Waals surface area contributed by atoms with Crippen molar-refractivity contribution in [2.24, 2.45) is 4.99 Å². The van der Waals surface area contributed by atoms with Crippen LogP contribution in [0.4, 0.5) is 0 Å². The summed E-state index contributed by atoms with van der Waals surface area (Å²) < 4.78 is 0. The van der Waals surface area contributed by atoms with E-state index in [2.05, 4.69) is 10.3 Å². The van der Waals surface area contributed by atoms with Crippen LogP contribution < -0.4 is 15.9 Å². The van der Waals surface area contributed by atoms with Gasteiger partial charge in [-0.2, -0.15) is 0 Å². The van der Waals surface area contributed by atoms with E-state index in [4.69, 9.17) is 11.6 Å². The molecule has 1 atom stereocenters. The zero-order valence-corrected chi connectivity index (χ0v) is 12.4. The predicted molar refractivity (Wildman–Crippen MR) is 82.5 cm³/mol. The van der Waals surface area contributed by atoms with Crippen molar-refractivity contribution in [3.05, 3.63) is 69.7 Å². The standard InChI is InChI=1S/C16H16ClN3O/c1-18-15-10-20(21)16(11-5-3-2-4-6-11)13-9-12(17)7-8-14(13)19-15/h2-9,15,18,21H,10H2,1H3. The number of likely N-dealkylation sites (N-methyl/N-ethyl adjacent to an activating group) is 1. The van der Waals surface area contributed by atoms with Gasteiger partial charge in [-0.15, -0.1) is 0 Å². The number of rotatable bonds is 2. The number of hydrogen-bond acceptors (Lipinski definition) is 4. The lowest BCUT2D eigenvalue weighted by atomic mass is 10.1. The Kier molecular flexibility index (Phi) is 3.92. The molecule has 0 bridgehead atoms. The Morgan fingerprint density at radius 1 is 1.24 bits per heavy atom. The second-order valence-electron chi connectivity index (χ2n) is 4.89. The van der Waals surface area contributed by atoms with E-state index in [1.165, 1.54) is 5.06 Å². The third-order valence-corrected chi connectivity index (χ3v) is 3.73. The van der Waals surface area contributed by atoms with E-state index in [1.807, 2.05) is 55.6 Å². The highest BCUT2D eigenvalue weighted by atomic mass is 35.5. The second-order valence-corrected chi connectivity index (χ2v) is 5.33. The molecule has 2 aromatic carbocycles. The third-order valence-electron chi connectivity index (χ3n) is 3.49. The summed E-state index contributed by atoms with van der Waals surface area (Å²) in [6.45, 7) is 0.368. The van der Waals surface area contributed by atoms with Gasteiger partial charge in [0.25, 0.3) is 0 Å². The SMILES string of the molecule is CNC1CN(O)C(c2ccccc2)=c2cc(Cl)ccc2=N1. The fourth-order valence-corrected chi connectivity index (χ4v) is 2.64. The molecule has 0 amide bonds. The molecule has 0 saturated heterocycles. The van der Waals surface area contributed by atoms with Crippen LogP contribution in [-0.4, -0.2) is 30.0 Å². The summed E-state index contributed by atoms with van der Waals surface area (Å²) in [4.78, 5) is 4.63.